The van der Waals surface area contributed by atoms with Crippen molar-refractivity contribution in [3.63, 3.8) is 0 Å². The van der Waals surface area contributed by atoms with Crippen LogP contribution in [0.25, 0.3) is 10.9 Å². The number of rotatable bonds is 9. The van der Waals surface area contributed by atoms with Crippen LogP contribution in [0.5, 0.6) is 0 Å². The van der Waals surface area contributed by atoms with Gasteiger partial charge in [-0.1, -0.05) is 19.9 Å². The van der Waals surface area contributed by atoms with Gasteiger partial charge >= 0.3 is 0 Å². The number of nitrogens with one attached hydrogen (secondary N) is 2. The molecule has 4 nitrogen and oxygen atoms in total. The summed E-state index contributed by atoms with van der Waals surface area (Å²) in [7, 11) is 2.17. The number of anilines is 1. The Kier molecular flexibility index (Phi) is 9.90. The van der Waals surface area contributed by atoms with Gasteiger partial charge in [0.25, 0.3) is 5.91 Å². The lowest BCUT2D eigenvalue weighted by atomic mass is 10.0. The quantitative estimate of drug-likeness (QED) is 0.233. The van der Waals surface area contributed by atoms with E-state index >= 15 is 0 Å². The number of aromatic amines is 1. The first-order chi connectivity index (χ1) is 14.4. The molecule has 3 rings (SSSR count). The zero-order valence-electron chi connectivity index (χ0n) is 19.1. The van der Waals surface area contributed by atoms with Crippen LogP contribution < -0.4 is 5.32 Å². The summed E-state index contributed by atoms with van der Waals surface area (Å²) in [5.41, 5.74) is 5.30. The second kappa shape index (κ2) is 11.9. The number of nitrogens with zero attached hydrogens (tertiary/aromatic N) is 1. The normalized spacial score (nSPS) is 11.2. The maximum absolute atomic E-state index is 12.8. The minimum absolute atomic E-state index is 0. The zero-order chi connectivity index (χ0) is 21.7. The number of benzene rings is 2. The average molecular weight is 552 g/mol. The Morgan fingerprint density at radius 2 is 1.94 bits per heavy atom. The molecule has 2 N–H and O–H groups in total. The van der Waals surface area contributed by atoms with Gasteiger partial charge < -0.3 is 15.2 Å². The fraction of sp³-hybridized carbons (Fsp3) is 0.400. The summed E-state index contributed by atoms with van der Waals surface area (Å²) >= 11 is 1.74. The number of amides is 1. The van der Waals surface area contributed by atoms with E-state index < -0.39 is 0 Å². The molecule has 0 aliphatic rings. The average Bonchev–Trinajstić information content (AvgIpc) is 3.09. The number of aromatic nitrogens is 1. The zero-order valence-corrected chi connectivity index (χ0v) is 22.3. The van der Waals surface area contributed by atoms with Crippen molar-refractivity contribution >= 4 is 58.2 Å². The van der Waals surface area contributed by atoms with Crippen molar-refractivity contribution in [2.45, 2.75) is 51.5 Å². The minimum Gasteiger partial charge on any atom is -0.358 e. The highest BCUT2D eigenvalue weighted by Gasteiger charge is 2.14. The molecule has 0 spiro atoms. The van der Waals surface area contributed by atoms with Crippen LogP contribution in [-0.4, -0.2) is 41.2 Å². The van der Waals surface area contributed by atoms with Gasteiger partial charge in [0.1, 0.15) is 0 Å². The van der Waals surface area contributed by atoms with Crippen molar-refractivity contribution in [1.29, 1.82) is 0 Å². The highest BCUT2D eigenvalue weighted by molar-refractivity contribution is 14.0. The maximum atomic E-state index is 12.8. The fourth-order valence-corrected chi connectivity index (χ4v) is 4.33. The third-order valence-corrected chi connectivity index (χ3v) is 6.49. The molecule has 1 heterocycles. The van der Waals surface area contributed by atoms with Gasteiger partial charge in [-0.2, -0.15) is 0 Å². The van der Waals surface area contributed by atoms with Crippen LogP contribution in [0, 0.1) is 0 Å². The summed E-state index contributed by atoms with van der Waals surface area (Å²) < 4.78 is 0. The van der Waals surface area contributed by atoms with E-state index in [1.165, 1.54) is 16.6 Å². The van der Waals surface area contributed by atoms with E-state index in [-0.39, 0.29) is 29.9 Å². The largest absolute Gasteiger partial charge is 0.358 e. The summed E-state index contributed by atoms with van der Waals surface area (Å²) in [4.78, 5) is 19.9. The van der Waals surface area contributed by atoms with E-state index in [0.717, 1.165) is 41.2 Å². The molecule has 1 amide bonds. The predicted molar refractivity (Wildman–Crippen MR) is 145 cm³/mol. The third kappa shape index (κ3) is 6.49. The van der Waals surface area contributed by atoms with Gasteiger partial charge in [-0.05, 0) is 81.5 Å². The number of H-pyrrole nitrogens is 1. The van der Waals surface area contributed by atoms with Crippen molar-refractivity contribution in [3.8, 4) is 0 Å². The monoisotopic (exact) mass is 551 g/mol. The number of carbonyl (C=O) groups is 1. The van der Waals surface area contributed by atoms with E-state index in [9.17, 15) is 4.79 Å². The Hall–Kier alpha value is -1.51. The summed E-state index contributed by atoms with van der Waals surface area (Å²) in [6.07, 6.45) is 1.96. The summed E-state index contributed by atoms with van der Waals surface area (Å²) in [5, 5.41) is 4.29. The maximum Gasteiger partial charge on any atom is 0.255 e. The van der Waals surface area contributed by atoms with Gasteiger partial charge in [-0.3, -0.25) is 4.79 Å². The molecule has 6 heteroatoms. The molecule has 0 fully saturated rings. The molecule has 168 valence electrons. The van der Waals surface area contributed by atoms with Crippen molar-refractivity contribution < 1.29 is 4.79 Å². The van der Waals surface area contributed by atoms with Gasteiger partial charge in [-0.25, -0.2) is 0 Å². The van der Waals surface area contributed by atoms with Crippen LogP contribution >= 0.6 is 35.7 Å². The van der Waals surface area contributed by atoms with E-state index in [2.05, 4.69) is 62.1 Å². The van der Waals surface area contributed by atoms with Gasteiger partial charge in [-0.15, -0.1) is 35.7 Å². The highest BCUT2D eigenvalue weighted by atomic mass is 127. The molecule has 2 aromatic carbocycles. The van der Waals surface area contributed by atoms with Crippen LogP contribution in [-0.2, 0) is 12.8 Å². The molecule has 1 aromatic heterocycles. The van der Waals surface area contributed by atoms with Gasteiger partial charge in [0.05, 0.1) is 0 Å². The molecule has 0 aliphatic heterocycles. The van der Waals surface area contributed by atoms with E-state index in [1.54, 1.807) is 11.8 Å². The van der Waals surface area contributed by atoms with Crippen molar-refractivity contribution in [1.82, 2.24) is 9.88 Å². The standard InChI is InChI=1S/C25H33N3OS.HI/c1-6-23-21(13-14-28(5)17(3)4)22-16-19(11-12-24(22)27-23)26-25(29)18-9-8-10-20(15-18)30-7-2;/h8-12,15-17,27H,6-7,13-14H2,1-5H3,(H,26,29);1H. The topological polar surface area (TPSA) is 48.1 Å². The highest BCUT2D eigenvalue weighted by Crippen LogP contribution is 2.27. The van der Waals surface area contributed by atoms with E-state index in [0.29, 0.717) is 11.6 Å². The lowest BCUT2D eigenvalue weighted by Crippen LogP contribution is -2.28. The Morgan fingerprint density at radius 1 is 1.16 bits per heavy atom. The Morgan fingerprint density at radius 3 is 2.61 bits per heavy atom. The number of likely N-dealkylation sites (N-methyl/N-ethyl adjacent to an activating group) is 1. The SMILES string of the molecule is CCSc1cccc(C(=O)Nc2ccc3[nH]c(CC)c(CCN(C)C(C)C)c3c2)c1.I. The smallest absolute Gasteiger partial charge is 0.255 e. The molecular weight excluding hydrogens is 517 g/mol. The summed E-state index contributed by atoms with van der Waals surface area (Å²) in [6.45, 7) is 9.75. The van der Waals surface area contributed by atoms with Crippen molar-refractivity contribution in [2.75, 3.05) is 24.7 Å². The lowest BCUT2D eigenvalue weighted by Gasteiger charge is -2.21. The molecule has 0 radical (unpaired) electrons. The number of aryl methyl sites for hydroxylation is 1. The first-order valence-electron chi connectivity index (χ1n) is 10.8. The number of hydrogen-bond acceptors (Lipinski definition) is 3. The van der Waals surface area contributed by atoms with E-state index in [4.69, 9.17) is 0 Å². The molecule has 0 bridgehead atoms. The second-order valence-corrected chi connectivity index (χ2v) is 9.27. The molecule has 0 saturated carbocycles. The van der Waals surface area contributed by atoms with Gasteiger partial charge in [0.2, 0.25) is 0 Å². The lowest BCUT2D eigenvalue weighted by molar-refractivity contribution is 0.102. The molecule has 0 saturated heterocycles. The number of hydrogen-bond donors (Lipinski definition) is 2. The summed E-state index contributed by atoms with van der Waals surface area (Å²) in [6, 6.07) is 14.5. The van der Waals surface area contributed by atoms with Crippen molar-refractivity contribution in [2.24, 2.45) is 0 Å². The van der Waals surface area contributed by atoms with Gasteiger partial charge in [0, 0.05) is 45.3 Å². The Bertz CT molecular complexity index is 1020. The number of halogens is 1. The van der Waals surface area contributed by atoms with Crippen LogP contribution in [0.3, 0.4) is 0 Å². The van der Waals surface area contributed by atoms with Crippen LogP contribution in [0.4, 0.5) is 5.69 Å². The summed E-state index contributed by atoms with van der Waals surface area (Å²) in [5.74, 6) is 0.921. The number of fused-ring (bicyclic) bond motifs is 1. The predicted octanol–water partition coefficient (Wildman–Crippen LogP) is 6.60. The van der Waals surface area contributed by atoms with E-state index in [1.807, 2.05) is 30.3 Å². The molecular formula is C25H34IN3OS. The minimum atomic E-state index is -0.0692. The van der Waals surface area contributed by atoms with Crippen LogP contribution in [0.1, 0.15) is 49.3 Å². The van der Waals surface area contributed by atoms with Crippen LogP contribution in [0.2, 0.25) is 0 Å². The van der Waals surface area contributed by atoms with Crippen molar-refractivity contribution in [3.05, 3.63) is 59.3 Å². The second-order valence-electron chi connectivity index (χ2n) is 7.94. The number of carbonyl (C=O) groups excluding carboxylic acids is 1. The molecule has 31 heavy (non-hydrogen) atoms. The Labute approximate surface area is 207 Å². The third-order valence-electron chi connectivity index (χ3n) is 5.61. The van der Waals surface area contributed by atoms with Crippen LogP contribution in [0.15, 0.2) is 47.4 Å². The molecule has 0 unspecified atom stereocenters. The Balaban J connectivity index is 0.00000341. The first kappa shape index (κ1) is 25.7. The number of thioether (sulfide) groups is 1. The first-order valence-corrected chi connectivity index (χ1v) is 11.8. The molecule has 3 aromatic rings. The fourth-order valence-electron chi connectivity index (χ4n) is 3.61. The molecule has 0 aliphatic carbocycles. The molecule has 0 atom stereocenters. The van der Waals surface area contributed by atoms with Gasteiger partial charge in [0.15, 0.2) is 0 Å².